The highest BCUT2D eigenvalue weighted by Crippen LogP contribution is 2.40. The van der Waals surface area contributed by atoms with E-state index in [1.807, 2.05) is 84.7 Å². The Kier molecular flexibility index (Phi) is 6.12. The number of phenolic OH excluding ortho intramolecular Hbond substituents is 1. The van der Waals surface area contributed by atoms with Crippen molar-refractivity contribution >= 4 is 28.8 Å². The predicted molar refractivity (Wildman–Crippen MR) is 136 cm³/mol. The highest BCUT2D eigenvalue weighted by molar-refractivity contribution is 6.36. The number of aromatic nitrogens is 1. The number of anilines is 1. The molecule has 5 rings (SSSR count). The number of nitrogens with one attached hydrogen (secondary N) is 1. The van der Waals surface area contributed by atoms with Crippen molar-refractivity contribution in [3.8, 4) is 28.0 Å². The van der Waals surface area contributed by atoms with Gasteiger partial charge in [0.25, 0.3) is 5.91 Å². The van der Waals surface area contributed by atoms with Gasteiger partial charge in [-0.3, -0.25) is 4.79 Å². The molecule has 1 aromatic heterocycles. The summed E-state index contributed by atoms with van der Waals surface area (Å²) in [6.07, 6.45) is 6.68. The van der Waals surface area contributed by atoms with E-state index >= 15 is 0 Å². The number of para-hydroxylation sites is 1. The number of nitrogens with zero attached hydrogens (tertiary/aromatic N) is 1. The maximum atomic E-state index is 12.6. The number of aromatic hydroxyl groups is 1. The van der Waals surface area contributed by atoms with Crippen molar-refractivity contribution in [3.63, 3.8) is 0 Å². The molecule has 33 heavy (non-hydrogen) atoms. The van der Waals surface area contributed by atoms with Gasteiger partial charge in [-0.15, -0.1) is 0 Å². The fraction of sp³-hybridized carbons (Fsp3) is 0.107. The standard InChI is InChI=1S/C27H21ClN2O2.CH4/c1-30-13-12-17(16-30)6-11-21-23-14-22(24(28)15-25(23)29-27(21)32)19-9-7-18(8-10-19)20-4-2-3-5-26(20)31;/h2-5,7-16,31H,6H2,1H3,(H,29,32);1H4/b21-11-;. The minimum Gasteiger partial charge on any atom is -0.507 e. The van der Waals surface area contributed by atoms with Crippen LogP contribution in [0.1, 0.15) is 18.6 Å². The maximum absolute atomic E-state index is 12.6. The molecule has 1 aliphatic heterocycles. The van der Waals surface area contributed by atoms with Crippen LogP contribution in [0.15, 0.2) is 85.2 Å². The summed E-state index contributed by atoms with van der Waals surface area (Å²) >= 11 is 6.58. The molecule has 1 amide bonds. The molecular formula is C28H25ClN2O2. The molecule has 5 heteroatoms. The predicted octanol–water partition coefficient (Wildman–Crippen LogP) is 6.93. The van der Waals surface area contributed by atoms with Crippen LogP contribution in [0.25, 0.3) is 27.8 Å². The van der Waals surface area contributed by atoms with Gasteiger partial charge in [0.2, 0.25) is 0 Å². The molecule has 0 aliphatic carbocycles. The second-order valence-electron chi connectivity index (χ2n) is 7.93. The molecule has 0 fully saturated rings. The van der Waals surface area contributed by atoms with Gasteiger partial charge >= 0.3 is 0 Å². The Bertz CT molecular complexity index is 1370. The molecule has 0 radical (unpaired) electrons. The Balaban J connectivity index is 0.00000259. The lowest BCUT2D eigenvalue weighted by Gasteiger charge is -2.10. The molecule has 0 unspecified atom stereocenters. The summed E-state index contributed by atoms with van der Waals surface area (Å²) < 4.78 is 1.99. The average Bonchev–Trinajstić information content (AvgIpc) is 3.33. The first-order valence-corrected chi connectivity index (χ1v) is 10.7. The molecule has 1 aliphatic rings. The zero-order valence-corrected chi connectivity index (χ0v) is 18.2. The van der Waals surface area contributed by atoms with Crippen LogP contribution < -0.4 is 5.32 Å². The summed E-state index contributed by atoms with van der Waals surface area (Å²) in [5.74, 6) is 0.132. The number of rotatable bonds is 4. The first-order valence-electron chi connectivity index (χ1n) is 10.3. The van der Waals surface area contributed by atoms with E-state index in [0.717, 1.165) is 39.1 Å². The van der Waals surface area contributed by atoms with Crippen LogP contribution in [0, 0.1) is 0 Å². The minimum absolute atomic E-state index is 0. The Morgan fingerprint density at radius 3 is 2.33 bits per heavy atom. The number of carbonyl (C=O) groups is 1. The second kappa shape index (κ2) is 9.00. The largest absolute Gasteiger partial charge is 0.507 e. The van der Waals surface area contributed by atoms with Crippen LogP contribution in [0.3, 0.4) is 0 Å². The fourth-order valence-corrected chi connectivity index (χ4v) is 4.36. The zero-order valence-electron chi connectivity index (χ0n) is 17.5. The van der Waals surface area contributed by atoms with Gasteiger partial charge in [-0.05, 0) is 47.4 Å². The van der Waals surface area contributed by atoms with Gasteiger partial charge in [0.15, 0.2) is 0 Å². The molecule has 0 saturated heterocycles. The quantitative estimate of drug-likeness (QED) is 0.327. The SMILES string of the molecule is C.Cn1ccc(C/C=C2\C(=O)Nc3cc(Cl)c(-c4ccc(-c5ccccc5O)cc4)cc32)c1. The number of aryl methyl sites for hydroxylation is 1. The number of allylic oxidation sites excluding steroid dienone is 1. The second-order valence-corrected chi connectivity index (χ2v) is 8.34. The van der Waals surface area contributed by atoms with E-state index in [9.17, 15) is 9.90 Å². The van der Waals surface area contributed by atoms with E-state index in [1.165, 1.54) is 0 Å². The molecule has 0 bridgehead atoms. The number of fused-ring (bicyclic) bond motifs is 1. The van der Waals surface area contributed by atoms with Crippen molar-refractivity contribution in [3.05, 3.63) is 101 Å². The smallest absolute Gasteiger partial charge is 0.256 e. The Morgan fingerprint density at radius 1 is 0.970 bits per heavy atom. The van der Waals surface area contributed by atoms with E-state index in [4.69, 9.17) is 11.6 Å². The van der Waals surface area contributed by atoms with Gasteiger partial charge in [-0.25, -0.2) is 0 Å². The average molecular weight is 457 g/mol. The molecule has 2 N–H and O–H groups in total. The summed E-state index contributed by atoms with van der Waals surface area (Å²) in [5.41, 5.74) is 6.89. The molecule has 166 valence electrons. The fourth-order valence-electron chi connectivity index (χ4n) is 4.08. The summed E-state index contributed by atoms with van der Waals surface area (Å²) in [5, 5.41) is 13.6. The number of halogens is 1. The lowest BCUT2D eigenvalue weighted by molar-refractivity contribution is -0.110. The van der Waals surface area contributed by atoms with Gasteiger partial charge in [0.1, 0.15) is 5.75 Å². The molecule has 3 aromatic carbocycles. The zero-order chi connectivity index (χ0) is 22.2. The van der Waals surface area contributed by atoms with Crippen LogP contribution >= 0.6 is 11.6 Å². The first-order chi connectivity index (χ1) is 15.5. The van der Waals surface area contributed by atoms with E-state index in [0.29, 0.717) is 17.0 Å². The summed E-state index contributed by atoms with van der Waals surface area (Å²) in [7, 11) is 1.98. The van der Waals surface area contributed by atoms with Crippen molar-refractivity contribution in [1.82, 2.24) is 4.57 Å². The number of hydrogen-bond donors (Lipinski definition) is 2. The summed E-state index contributed by atoms with van der Waals surface area (Å²) in [6, 6.07) is 21.0. The maximum Gasteiger partial charge on any atom is 0.256 e. The molecule has 4 aromatic rings. The van der Waals surface area contributed by atoms with Crippen molar-refractivity contribution < 1.29 is 9.90 Å². The summed E-state index contributed by atoms with van der Waals surface area (Å²) in [6.45, 7) is 0. The van der Waals surface area contributed by atoms with Gasteiger partial charge in [0, 0.05) is 41.7 Å². The highest BCUT2D eigenvalue weighted by atomic mass is 35.5. The van der Waals surface area contributed by atoms with Crippen LogP contribution in [-0.4, -0.2) is 15.6 Å². The Labute approximate surface area is 198 Å². The molecule has 0 atom stereocenters. The van der Waals surface area contributed by atoms with Crippen LogP contribution in [0.2, 0.25) is 5.02 Å². The first kappa shape index (κ1) is 22.4. The molecular weight excluding hydrogens is 432 g/mol. The molecule has 0 saturated carbocycles. The highest BCUT2D eigenvalue weighted by Gasteiger charge is 2.25. The van der Waals surface area contributed by atoms with Crippen molar-refractivity contribution in [2.24, 2.45) is 7.05 Å². The van der Waals surface area contributed by atoms with Crippen molar-refractivity contribution in [2.75, 3.05) is 5.32 Å². The van der Waals surface area contributed by atoms with Gasteiger partial charge in [0.05, 0.1) is 10.7 Å². The number of benzene rings is 3. The van der Waals surface area contributed by atoms with E-state index < -0.39 is 0 Å². The van der Waals surface area contributed by atoms with E-state index in [1.54, 1.807) is 12.1 Å². The number of amides is 1. The van der Waals surface area contributed by atoms with E-state index in [2.05, 4.69) is 5.32 Å². The number of phenols is 1. The van der Waals surface area contributed by atoms with Crippen molar-refractivity contribution in [2.45, 2.75) is 13.8 Å². The van der Waals surface area contributed by atoms with Gasteiger partial charge in [-0.2, -0.15) is 0 Å². The minimum atomic E-state index is -0.112. The molecule has 0 spiro atoms. The van der Waals surface area contributed by atoms with Gasteiger partial charge in [-0.1, -0.05) is 67.6 Å². The number of carbonyl (C=O) groups excluding carboxylic acids is 1. The third kappa shape index (κ3) is 4.30. The normalized spacial score (nSPS) is 13.5. The Morgan fingerprint density at radius 2 is 1.67 bits per heavy atom. The lowest BCUT2D eigenvalue weighted by atomic mass is 9.96. The summed E-state index contributed by atoms with van der Waals surface area (Å²) in [4.78, 5) is 12.6. The van der Waals surface area contributed by atoms with Crippen molar-refractivity contribution in [1.29, 1.82) is 0 Å². The molecule has 2 heterocycles. The number of hydrogen-bond acceptors (Lipinski definition) is 2. The third-order valence-electron chi connectivity index (χ3n) is 5.74. The monoisotopic (exact) mass is 456 g/mol. The van der Waals surface area contributed by atoms with E-state index in [-0.39, 0.29) is 19.1 Å². The lowest BCUT2D eigenvalue weighted by Crippen LogP contribution is -2.03. The van der Waals surface area contributed by atoms with Gasteiger partial charge < -0.3 is 15.0 Å². The Hall–Kier alpha value is -3.76. The topological polar surface area (TPSA) is 54.3 Å². The third-order valence-corrected chi connectivity index (χ3v) is 6.05. The van der Waals surface area contributed by atoms with Crippen LogP contribution in [0.5, 0.6) is 5.75 Å². The van der Waals surface area contributed by atoms with Crippen LogP contribution in [0.4, 0.5) is 5.69 Å². The van der Waals surface area contributed by atoms with Crippen LogP contribution in [-0.2, 0) is 18.3 Å². The molecule has 4 nitrogen and oxygen atoms in total.